The quantitative estimate of drug-likeness (QED) is 0.513. The fraction of sp³-hybridized carbons (Fsp3) is 0.414. The Bertz CT molecular complexity index is 1190. The van der Waals surface area contributed by atoms with Crippen LogP contribution in [0, 0.1) is 6.92 Å². The van der Waals surface area contributed by atoms with E-state index in [1.807, 2.05) is 68.8 Å². The van der Waals surface area contributed by atoms with Gasteiger partial charge in [0.25, 0.3) is 5.91 Å². The van der Waals surface area contributed by atoms with Crippen molar-refractivity contribution in [3.63, 3.8) is 0 Å². The van der Waals surface area contributed by atoms with Gasteiger partial charge in [-0.05, 0) is 70.2 Å². The third-order valence-electron chi connectivity index (χ3n) is 6.37. The van der Waals surface area contributed by atoms with E-state index in [0.29, 0.717) is 25.2 Å². The molecule has 0 saturated carbocycles. The Morgan fingerprint density at radius 3 is 2.44 bits per heavy atom. The molecule has 7 nitrogen and oxygen atoms in total. The summed E-state index contributed by atoms with van der Waals surface area (Å²) in [5.74, 6) is -0.0176. The van der Waals surface area contributed by atoms with Crippen molar-refractivity contribution >= 4 is 12.0 Å². The first-order valence-electron chi connectivity index (χ1n) is 12.7. The standard InChI is InChI=1S/C29H36N4O3/c1-21-9-8-12-24(19-21)33-26(23-14-17-32(18-15-23)28(35)36-29(2,3)4)25(20-31-33)27(34)30-16-13-22-10-6-5-7-11-22/h5-12,19-20,23H,13-18H2,1-4H3,(H,30,34). The molecule has 1 aliphatic heterocycles. The average Bonchev–Trinajstić information content (AvgIpc) is 3.29. The molecule has 0 aliphatic carbocycles. The molecule has 0 bridgehead atoms. The highest BCUT2D eigenvalue weighted by Crippen LogP contribution is 2.33. The van der Waals surface area contributed by atoms with Crippen molar-refractivity contribution in [2.75, 3.05) is 19.6 Å². The molecule has 2 aromatic carbocycles. The zero-order chi connectivity index (χ0) is 25.7. The number of hydrogen-bond donors (Lipinski definition) is 1. The summed E-state index contributed by atoms with van der Waals surface area (Å²) in [4.78, 5) is 27.6. The summed E-state index contributed by atoms with van der Waals surface area (Å²) in [5.41, 5.74) is 4.22. The molecule has 1 saturated heterocycles. The van der Waals surface area contributed by atoms with Crippen LogP contribution in [-0.4, -0.2) is 51.9 Å². The molecule has 0 radical (unpaired) electrons. The van der Waals surface area contributed by atoms with Gasteiger partial charge >= 0.3 is 6.09 Å². The molecular formula is C29H36N4O3. The maximum Gasteiger partial charge on any atom is 0.410 e. The number of piperidine rings is 1. The maximum atomic E-state index is 13.3. The molecule has 2 heterocycles. The summed E-state index contributed by atoms with van der Waals surface area (Å²) < 4.78 is 7.45. The Kier molecular flexibility index (Phi) is 7.77. The van der Waals surface area contributed by atoms with Crippen LogP contribution in [0.5, 0.6) is 0 Å². The number of aromatic nitrogens is 2. The number of hydrogen-bond acceptors (Lipinski definition) is 4. The summed E-state index contributed by atoms with van der Waals surface area (Å²) in [7, 11) is 0. The largest absolute Gasteiger partial charge is 0.444 e. The van der Waals surface area contributed by atoms with Crippen molar-refractivity contribution < 1.29 is 14.3 Å². The molecular weight excluding hydrogens is 452 g/mol. The van der Waals surface area contributed by atoms with Crippen LogP contribution in [-0.2, 0) is 11.2 Å². The third kappa shape index (κ3) is 6.33. The predicted molar refractivity (Wildman–Crippen MR) is 141 cm³/mol. The first kappa shape index (κ1) is 25.5. The van der Waals surface area contributed by atoms with E-state index in [9.17, 15) is 9.59 Å². The maximum absolute atomic E-state index is 13.3. The van der Waals surface area contributed by atoms with Gasteiger partial charge in [0.2, 0.25) is 0 Å². The predicted octanol–water partition coefficient (Wildman–Crippen LogP) is 5.27. The molecule has 2 amide bonds. The van der Waals surface area contributed by atoms with Crippen molar-refractivity contribution in [3.8, 4) is 5.69 Å². The zero-order valence-corrected chi connectivity index (χ0v) is 21.7. The summed E-state index contributed by atoms with van der Waals surface area (Å²) in [5, 5.41) is 7.72. The highest BCUT2D eigenvalue weighted by atomic mass is 16.6. The topological polar surface area (TPSA) is 76.5 Å². The number of carbonyl (C=O) groups is 2. The fourth-order valence-corrected chi connectivity index (χ4v) is 4.61. The molecule has 0 unspecified atom stereocenters. The van der Waals surface area contributed by atoms with Gasteiger partial charge in [-0.1, -0.05) is 42.5 Å². The molecule has 1 N–H and O–H groups in total. The Labute approximate surface area is 213 Å². The normalized spacial score (nSPS) is 14.5. The number of carbonyl (C=O) groups excluding carboxylic acids is 2. The van der Waals surface area contributed by atoms with Gasteiger partial charge in [0.05, 0.1) is 23.1 Å². The van der Waals surface area contributed by atoms with Gasteiger partial charge in [-0.2, -0.15) is 5.10 Å². The van der Waals surface area contributed by atoms with Gasteiger partial charge in [0, 0.05) is 25.6 Å². The second-order valence-corrected chi connectivity index (χ2v) is 10.4. The van der Waals surface area contributed by atoms with Crippen molar-refractivity contribution in [2.45, 2.75) is 58.5 Å². The molecule has 190 valence electrons. The smallest absolute Gasteiger partial charge is 0.410 e. The van der Waals surface area contributed by atoms with Crippen LogP contribution in [0.2, 0.25) is 0 Å². The van der Waals surface area contributed by atoms with Gasteiger partial charge in [0.1, 0.15) is 5.60 Å². The Balaban J connectivity index is 1.53. The first-order chi connectivity index (χ1) is 17.2. The van der Waals surface area contributed by atoms with Crippen LogP contribution in [0.4, 0.5) is 4.79 Å². The molecule has 4 rings (SSSR count). The third-order valence-corrected chi connectivity index (χ3v) is 6.37. The number of amides is 2. The monoisotopic (exact) mass is 488 g/mol. The number of nitrogens with one attached hydrogen (secondary N) is 1. The van der Waals surface area contributed by atoms with E-state index in [1.165, 1.54) is 5.56 Å². The Morgan fingerprint density at radius 2 is 1.78 bits per heavy atom. The van der Waals surface area contributed by atoms with Gasteiger partial charge in [-0.15, -0.1) is 0 Å². The number of aryl methyl sites for hydroxylation is 1. The molecule has 36 heavy (non-hydrogen) atoms. The highest BCUT2D eigenvalue weighted by molar-refractivity contribution is 5.95. The Morgan fingerprint density at radius 1 is 1.06 bits per heavy atom. The molecule has 1 aliphatic rings. The number of benzene rings is 2. The molecule has 0 atom stereocenters. The lowest BCUT2D eigenvalue weighted by molar-refractivity contribution is 0.0203. The van der Waals surface area contributed by atoms with Crippen LogP contribution >= 0.6 is 0 Å². The lowest BCUT2D eigenvalue weighted by Crippen LogP contribution is -2.41. The molecule has 1 aromatic heterocycles. The Hall–Kier alpha value is -3.61. The lowest BCUT2D eigenvalue weighted by Gasteiger charge is -2.34. The summed E-state index contributed by atoms with van der Waals surface area (Å²) >= 11 is 0. The van der Waals surface area contributed by atoms with E-state index in [0.717, 1.165) is 36.2 Å². The molecule has 1 fully saturated rings. The van der Waals surface area contributed by atoms with Crippen LogP contribution in [0.1, 0.15) is 66.7 Å². The number of rotatable bonds is 6. The number of ether oxygens (including phenoxy) is 1. The second kappa shape index (κ2) is 11.0. The average molecular weight is 489 g/mol. The van der Waals surface area contributed by atoms with E-state index >= 15 is 0 Å². The fourth-order valence-electron chi connectivity index (χ4n) is 4.61. The second-order valence-electron chi connectivity index (χ2n) is 10.4. The minimum Gasteiger partial charge on any atom is -0.444 e. The van der Waals surface area contributed by atoms with Crippen LogP contribution in [0.25, 0.3) is 5.69 Å². The van der Waals surface area contributed by atoms with Crippen molar-refractivity contribution in [1.82, 2.24) is 20.0 Å². The highest BCUT2D eigenvalue weighted by Gasteiger charge is 2.32. The van der Waals surface area contributed by atoms with E-state index in [4.69, 9.17) is 4.74 Å². The van der Waals surface area contributed by atoms with E-state index in [-0.39, 0.29) is 17.9 Å². The van der Waals surface area contributed by atoms with Gasteiger partial charge in [0.15, 0.2) is 0 Å². The van der Waals surface area contributed by atoms with Gasteiger partial charge in [-0.3, -0.25) is 4.79 Å². The van der Waals surface area contributed by atoms with Crippen LogP contribution < -0.4 is 5.32 Å². The van der Waals surface area contributed by atoms with E-state index in [1.54, 1.807) is 11.1 Å². The number of nitrogens with zero attached hydrogens (tertiary/aromatic N) is 3. The van der Waals surface area contributed by atoms with Gasteiger partial charge < -0.3 is 15.0 Å². The van der Waals surface area contributed by atoms with E-state index in [2.05, 4.69) is 28.6 Å². The van der Waals surface area contributed by atoms with Gasteiger partial charge in [-0.25, -0.2) is 9.48 Å². The van der Waals surface area contributed by atoms with Crippen molar-refractivity contribution in [2.24, 2.45) is 0 Å². The zero-order valence-electron chi connectivity index (χ0n) is 21.7. The summed E-state index contributed by atoms with van der Waals surface area (Å²) in [6.07, 6.45) is 3.63. The lowest BCUT2D eigenvalue weighted by atomic mass is 9.90. The van der Waals surface area contributed by atoms with E-state index < -0.39 is 5.60 Å². The summed E-state index contributed by atoms with van der Waals surface area (Å²) in [6, 6.07) is 18.2. The minimum absolute atomic E-state index is 0.0987. The first-order valence-corrected chi connectivity index (χ1v) is 12.7. The van der Waals surface area contributed by atoms with Crippen molar-refractivity contribution in [3.05, 3.63) is 83.2 Å². The SMILES string of the molecule is Cc1cccc(-n2ncc(C(=O)NCCc3ccccc3)c2C2CCN(C(=O)OC(C)(C)C)CC2)c1. The minimum atomic E-state index is -0.525. The molecule has 7 heteroatoms. The number of likely N-dealkylation sites (tertiary alicyclic amines) is 1. The summed E-state index contributed by atoms with van der Waals surface area (Å²) in [6.45, 7) is 9.38. The van der Waals surface area contributed by atoms with Crippen LogP contribution in [0.15, 0.2) is 60.8 Å². The van der Waals surface area contributed by atoms with Crippen molar-refractivity contribution in [1.29, 1.82) is 0 Å². The van der Waals surface area contributed by atoms with Crippen LogP contribution in [0.3, 0.4) is 0 Å². The molecule has 0 spiro atoms. The molecule has 3 aromatic rings.